The van der Waals surface area contributed by atoms with E-state index in [1.54, 1.807) is 0 Å². The Hall–Kier alpha value is -6.06. The molecule has 9 amide bonds. The number of hydroxylamine groups is 6. The van der Waals surface area contributed by atoms with Crippen molar-refractivity contribution in [1.29, 1.82) is 0 Å². The number of carboxylic acid groups (broad SMARTS) is 1. The second kappa shape index (κ2) is 27.1. The van der Waals surface area contributed by atoms with E-state index in [2.05, 4.69) is 20.9 Å². The fraction of sp³-hybridized carbons (Fsp3) is 0.649. The lowest BCUT2D eigenvalue weighted by Crippen LogP contribution is -2.61. The number of carboxylic acids is 1. The maximum Gasteiger partial charge on any atom is 0.340 e. The average molecular weight is 993 g/mol. The van der Waals surface area contributed by atoms with Gasteiger partial charge in [-0.2, -0.15) is 4.99 Å². The summed E-state index contributed by atoms with van der Waals surface area (Å²) in [4.78, 5) is 129. The summed E-state index contributed by atoms with van der Waals surface area (Å²) in [5.41, 5.74) is 9.99. The van der Waals surface area contributed by atoms with Crippen molar-refractivity contribution in [2.45, 2.75) is 118 Å². The highest BCUT2D eigenvalue weighted by Gasteiger charge is 2.50. The van der Waals surface area contributed by atoms with Gasteiger partial charge in [-0.3, -0.25) is 58.3 Å². The molecule has 31 heteroatoms. The van der Waals surface area contributed by atoms with Crippen LogP contribution in [0.25, 0.3) is 0 Å². The van der Waals surface area contributed by atoms with Crippen molar-refractivity contribution in [1.82, 2.24) is 45.6 Å². The second-order valence-electron chi connectivity index (χ2n) is 15.5. The molecule has 382 valence electrons. The van der Waals surface area contributed by atoms with Gasteiger partial charge in [0.2, 0.25) is 41.4 Å². The van der Waals surface area contributed by atoms with E-state index in [1.165, 1.54) is 13.1 Å². The smallest absolute Gasteiger partial charge is 0.340 e. The van der Waals surface area contributed by atoms with Crippen LogP contribution in [-0.4, -0.2) is 199 Å². The highest BCUT2D eigenvalue weighted by molar-refractivity contribution is 8.00. The third-order valence-corrected chi connectivity index (χ3v) is 12.0. The predicted molar refractivity (Wildman–Crippen MR) is 229 cm³/mol. The largest absolute Gasteiger partial charge is 0.480 e. The molecule has 1 aromatic rings. The molecule has 68 heavy (non-hydrogen) atoms. The number of aromatic nitrogens is 2. The van der Waals surface area contributed by atoms with E-state index < -0.39 is 131 Å². The number of primary amides is 1. The lowest BCUT2D eigenvalue weighted by Gasteiger charge is -2.29. The van der Waals surface area contributed by atoms with E-state index in [0.717, 1.165) is 36.1 Å². The minimum atomic E-state index is -2.31. The normalized spacial score (nSPS) is 19.6. The van der Waals surface area contributed by atoms with Crippen LogP contribution in [0.2, 0.25) is 0 Å². The van der Waals surface area contributed by atoms with Gasteiger partial charge in [0.1, 0.15) is 35.1 Å². The second-order valence-corrected chi connectivity index (χ2v) is 16.8. The van der Waals surface area contributed by atoms with Gasteiger partial charge in [-0.1, -0.05) is 0 Å². The third-order valence-electron chi connectivity index (χ3n) is 10.4. The number of nitrogens with one attached hydrogen (secondary N) is 4. The predicted octanol–water partition coefficient (Wildman–Crippen LogP) is -6.74. The molecule has 0 spiro atoms. The molecule has 1 saturated heterocycles. The Morgan fingerprint density at radius 3 is 1.63 bits per heavy atom. The number of hydrogen-bond acceptors (Lipinski definition) is 19. The fourth-order valence-corrected chi connectivity index (χ4v) is 8.03. The Labute approximate surface area is 390 Å². The topological polar surface area (TPSA) is 465 Å². The molecule has 0 aromatic carbocycles. The zero-order valence-electron chi connectivity index (χ0n) is 37.4. The molecule has 2 rings (SSSR count). The van der Waals surface area contributed by atoms with Crippen molar-refractivity contribution < 1.29 is 84.3 Å². The maximum atomic E-state index is 13.8. The highest BCUT2D eigenvalue weighted by atomic mass is 32.2. The van der Waals surface area contributed by atoms with E-state index in [-0.39, 0.29) is 57.2 Å². The van der Waals surface area contributed by atoms with Crippen LogP contribution in [0.15, 0.2) is 22.1 Å². The number of nitrogens with zero attached hydrogens (tertiary/aromatic N) is 6. The van der Waals surface area contributed by atoms with Crippen LogP contribution in [0.5, 0.6) is 0 Å². The number of nitrogens with two attached hydrogens (primary N) is 2. The fourth-order valence-electron chi connectivity index (χ4n) is 6.46. The van der Waals surface area contributed by atoms with E-state index in [1.807, 2.05) is 5.32 Å². The molecule has 0 aliphatic carbocycles. The molecule has 16 N–H and O–H groups in total. The quantitative estimate of drug-likeness (QED) is 0.0320. The summed E-state index contributed by atoms with van der Waals surface area (Å²) in [5, 5.41) is 89.5. The zero-order chi connectivity index (χ0) is 51.7. The molecule has 1 aromatic heterocycles. The van der Waals surface area contributed by atoms with Gasteiger partial charge >= 0.3 is 17.7 Å². The molecule has 1 fully saturated rings. The molecule has 0 bridgehead atoms. The van der Waals surface area contributed by atoms with Gasteiger partial charge in [-0.05, 0) is 44.6 Å². The standard InChI is InChI=1S/C37H60N12O18S/c1-17(51)47(65)12-5-8-20(38)30(57)40-21(9-6-13-48(66)18(2)52)31(58)41-22(10-7-14-49(67)19(3)53)32(59)42-23(16-50)33(60)44-25(35(61)62)26(54)29-27(55)28(56)34(68-29)46-15-11-24(43-36(39)63)45(4)37(46)64/h11,15,20-23,25-29,34,50,54-56,65-67H,5-10,12-14,16,38H2,1-4H3,(H2,39,63)(H,40,57)(H,41,58)(H,42,59)(H,44,60)(H,61,62)/b43-24-/t20-,21-,22-,23-,25+,26+,27-,28+,29-,34-/m0/s1. The Morgan fingerprint density at radius 1 is 0.750 bits per heavy atom. The van der Waals surface area contributed by atoms with Crippen molar-refractivity contribution in [2.75, 3.05) is 26.2 Å². The van der Waals surface area contributed by atoms with Gasteiger partial charge in [0, 0.05) is 53.6 Å². The first-order valence-electron chi connectivity index (χ1n) is 20.8. The maximum absolute atomic E-state index is 13.8. The van der Waals surface area contributed by atoms with Crippen molar-refractivity contribution in [3.05, 3.63) is 28.2 Å². The molecule has 1 aliphatic rings. The van der Waals surface area contributed by atoms with Gasteiger partial charge in [-0.25, -0.2) is 29.6 Å². The number of hydrogen-bond donors (Lipinski definition) is 14. The Bertz CT molecular complexity index is 2130. The summed E-state index contributed by atoms with van der Waals surface area (Å²) in [6, 6.07) is -8.79. The molecular weight excluding hydrogens is 933 g/mol. The highest BCUT2D eigenvalue weighted by Crippen LogP contribution is 2.43. The van der Waals surface area contributed by atoms with Crippen molar-refractivity contribution >= 4 is 65.1 Å². The minimum absolute atomic E-state index is 0.0520. The SMILES string of the molecule is CC(=O)N(O)CCC[C@H](NC(=O)[C@H](CCCN(O)C(C)=O)NC(=O)[C@@H](N)CCCN(O)C(C)=O)C(=O)N[C@@H](CO)C(=O)N[C@@H](C(=O)O)[C@@H](O)[C@@H]1S[C@H](n2cc/c(=N/C(N)=O)n(C)c2=O)[C@H](O)[C@@H]1O. The lowest BCUT2D eigenvalue weighted by molar-refractivity contribution is -0.163. The van der Waals surface area contributed by atoms with Crippen molar-refractivity contribution in [3.8, 4) is 0 Å². The minimum Gasteiger partial charge on any atom is -0.480 e. The van der Waals surface area contributed by atoms with Crippen LogP contribution >= 0.6 is 11.8 Å². The van der Waals surface area contributed by atoms with Gasteiger partial charge in [0.15, 0.2) is 6.04 Å². The molecule has 2 heterocycles. The summed E-state index contributed by atoms with van der Waals surface area (Å²) >= 11 is 0.545. The number of carbonyl (C=O) groups is 9. The Kier molecular flexibility index (Phi) is 23.1. The number of urea groups is 1. The monoisotopic (exact) mass is 992 g/mol. The zero-order valence-corrected chi connectivity index (χ0v) is 38.2. The van der Waals surface area contributed by atoms with E-state index >= 15 is 0 Å². The first-order valence-corrected chi connectivity index (χ1v) is 21.7. The average Bonchev–Trinajstić information content (AvgIpc) is 3.56. The number of amides is 9. The van der Waals surface area contributed by atoms with Crippen LogP contribution < -0.4 is 43.9 Å². The molecule has 0 saturated carbocycles. The number of aliphatic hydroxyl groups is 4. The number of rotatable bonds is 25. The van der Waals surface area contributed by atoms with Gasteiger partial charge < -0.3 is 58.3 Å². The third kappa shape index (κ3) is 16.9. The summed E-state index contributed by atoms with van der Waals surface area (Å²) in [5.74, 6) is -8.71. The van der Waals surface area contributed by atoms with E-state index in [4.69, 9.17) is 11.5 Å². The summed E-state index contributed by atoms with van der Waals surface area (Å²) in [6.07, 6.45) is -5.91. The van der Waals surface area contributed by atoms with Gasteiger partial charge in [0.05, 0.1) is 30.1 Å². The van der Waals surface area contributed by atoms with Crippen molar-refractivity contribution in [3.63, 3.8) is 0 Å². The number of carbonyl (C=O) groups excluding carboxylic acids is 8. The Morgan fingerprint density at radius 2 is 1.19 bits per heavy atom. The summed E-state index contributed by atoms with van der Waals surface area (Å²) in [7, 11) is 1.21. The first-order chi connectivity index (χ1) is 31.7. The Balaban J connectivity index is 2.35. The molecule has 0 unspecified atom stereocenters. The molecule has 0 radical (unpaired) electrons. The lowest BCUT2D eigenvalue weighted by atomic mass is 10.00. The summed E-state index contributed by atoms with van der Waals surface area (Å²) in [6.45, 7) is 1.07. The van der Waals surface area contributed by atoms with E-state index in [0.29, 0.717) is 27.0 Å². The summed E-state index contributed by atoms with van der Waals surface area (Å²) < 4.78 is 1.78. The van der Waals surface area contributed by atoms with Gasteiger partial charge in [-0.15, -0.1) is 11.8 Å². The molecule has 1 aliphatic heterocycles. The first kappa shape index (κ1) is 58.1. The number of aliphatic carboxylic acids is 1. The number of thioether (sulfide) groups is 1. The van der Waals surface area contributed by atoms with Gasteiger partial charge in [0.25, 0.3) is 0 Å². The van der Waals surface area contributed by atoms with Crippen molar-refractivity contribution in [2.24, 2.45) is 23.5 Å². The van der Waals surface area contributed by atoms with Crippen LogP contribution in [0.3, 0.4) is 0 Å². The van der Waals surface area contributed by atoms with E-state index in [9.17, 15) is 89.1 Å². The van der Waals surface area contributed by atoms with Crippen LogP contribution in [0.4, 0.5) is 4.79 Å². The molecule has 30 nitrogen and oxygen atoms in total. The molecule has 10 atom stereocenters. The van der Waals surface area contributed by atoms with Crippen LogP contribution in [-0.2, 0) is 45.4 Å². The van der Waals surface area contributed by atoms with Crippen LogP contribution in [0, 0.1) is 0 Å². The van der Waals surface area contributed by atoms with Crippen LogP contribution in [0.1, 0.15) is 64.7 Å². The molecular formula is C37H60N12O18S. The number of aliphatic hydroxyl groups excluding tert-OH is 4.